The second-order valence-electron chi connectivity index (χ2n) is 3.95. The Morgan fingerprint density at radius 3 is 3.07 bits per heavy atom. The van der Waals surface area contributed by atoms with E-state index < -0.39 is 5.97 Å². The van der Waals surface area contributed by atoms with E-state index in [0.717, 1.165) is 12.5 Å². The van der Waals surface area contributed by atoms with E-state index in [1.54, 1.807) is 4.68 Å². The van der Waals surface area contributed by atoms with Crippen molar-refractivity contribution in [1.29, 1.82) is 0 Å². The summed E-state index contributed by atoms with van der Waals surface area (Å²) in [7, 11) is 0. The quantitative estimate of drug-likeness (QED) is 0.713. The first-order chi connectivity index (χ1) is 7.16. The van der Waals surface area contributed by atoms with Gasteiger partial charge in [0.1, 0.15) is 0 Å². The van der Waals surface area contributed by atoms with E-state index in [-0.39, 0.29) is 5.69 Å². The summed E-state index contributed by atoms with van der Waals surface area (Å²) in [5.41, 5.74) is -0.00482. The summed E-state index contributed by atoms with van der Waals surface area (Å²) in [4.78, 5) is 10.5. The lowest BCUT2D eigenvalue weighted by atomic mass is 10.4. The Kier molecular flexibility index (Phi) is 2.68. The van der Waals surface area contributed by atoms with Gasteiger partial charge in [-0.2, -0.15) is 0 Å². The number of carboxylic acids is 1. The number of carboxylic acid groups (broad SMARTS) is 1. The van der Waals surface area contributed by atoms with Crippen molar-refractivity contribution in [2.75, 3.05) is 6.54 Å². The van der Waals surface area contributed by atoms with E-state index >= 15 is 0 Å². The minimum Gasteiger partial charge on any atom is -0.476 e. The predicted molar refractivity (Wildman–Crippen MR) is 52.6 cm³/mol. The van der Waals surface area contributed by atoms with Gasteiger partial charge >= 0.3 is 5.97 Å². The van der Waals surface area contributed by atoms with E-state index in [1.165, 1.54) is 12.6 Å². The molecule has 1 saturated carbocycles. The lowest BCUT2D eigenvalue weighted by Crippen LogP contribution is -2.23. The van der Waals surface area contributed by atoms with Gasteiger partial charge in [-0.25, -0.2) is 4.79 Å². The highest BCUT2D eigenvalue weighted by Gasteiger charge is 2.31. The molecule has 2 atom stereocenters. The largest absolute Gasteiger partial charge is 0.476 e. The van der Waals surface area contributed by atoms with Crippen LogP contribution in [0, 0.1) is 5.92 Å². The molecule has 15 heavy (non-hydrogen) atoms. The molecule has 0 amide bonds. The fourth-order valence-corrected chi connectivity index (χ4v) is 1.48. The van der Waals surface area contributed by atoms with Crippen molar-refractivity contribution < 1.29 is 9.90 Å². The predicted octanol–water partition coefficient (Wildman–Crippen LogP) is -0.0257. The molecule has 0 bridgehead atoms. The van der Waals surface area contributed by atoms with Crippen molar-refractivity contribution in [3.8, 4) is 0 Å². The molecule has 82 valence electrons. The van der Waals surface area contributed by atoms with Crippen LogP contribution in [0.5, 0.6) is 0 Å². The third-order valence-electron chi connectivity index (χ3n) is 2.61. The molecule has 1 fully saturated rings. The van der Waals surface area contributed by atoms with Crippen LogP contribution in [-0.2, 0) is 6.54 Å². The van der Waals surface area contributed by atoms with E-state index in [9.17, 15) is 4.79 Å². The van der Waals surface area contributed by atoms with Crippen LogP contribution in [0.2, 0.25) is 0 Å². The van der Waals surface area contributed by atoms with Gasteiger partial charge < -0.3 is 10.4 Å². The Labute approximate surface area is 87.3 Å². The number of aromatic nitrogens is 3. The Morgan fingerprint density at radius 1 is 1.80 bits per heavy atom. The Hall–Kier alpha value is -1.43. The summed E-state index contributed by atoms with van der Waals surface area (Å²) in [5, 5.41) is 19.2. The molecule has 0 aliphatic heterocycles. The summed E-state index contributed by atoms with van der Waals surface area (Å²) < 4.78 is 1.55. The molecule has 2 unspecified atom stereocenters. The van der Waals surface area contributed by atoms with Gasteiger partial charge in [-0.3, -0.25) is 4.68 Å². The SMILES string of the molecule is CC1CC1NCCn1cc(C(=O)O)nn1. The van der Waals surface area contributed by atoms with E-state index in [2.05, 4.69) is 22.6 Å². The number of nitrogens with one attached hydrogen (secondary N) is 1. The molecule has 6 nitrogen and oxygen atoms in total. The van der Waals surface area contributed by atoms with Crippen LogP contribution in [0.15, 0.2) is 6.20 Å². The molecule has 0 aromatic carbocycles. The van der Waals surface area contributed by atoms with Crippen LogP contribution in [-0.4, -0.2) is 38.7 Å². The van der Waals surface area contributed by atoms with Crippen LogP contribution >= 0.6 is 0 Å². The molecular weight excluding hydrogens is 196 g/mol. The smallest absolute Gasteiger partial charge is 0.358 e. The Bertz CT molecular complexity index is 363. The van der Waals surface area contributed by atoms with Crippen molar-refractivity contribution in [2.24, 2.45) is 5.92 Å². The lowest BCUT2D eigenvalue weighted by Gasteiger charge is -2.01. The number of carbonyl (C=O) groups is 1. The van der Waals surface area contributed by atoms with E-state index in [1.807, 2.05) is 0 Å². The third-order valence-corrected chi connectivity index (χ3v) is 2.61. The monoisotopic (exact) mass is 210 g/mol. The molecule has 0 radical (unpaired) electrons. The number of hydrogen-bond acceptors (Lipinski definition) is 4. The molecule has 1 aromatic heterocycles. The number of nitrogens with zero attached hydrogens (tertiary/aromatic N) is 3. The third kappa shape index (κ3) is 2.53. The van der Waals surface area contributed by atoms with Gasteiger partial charge in [0.15, 0.2) is 5.69 Å². The lowest BCUT2D eigenvalue weighted by molar-refractivity contribution is 0.0690. The van der Waals surface area contributed by atoms with Gasteiger partial charge in [0.25, 0.3) is 0 Å². The van der Waals surface area contributed by atoms with Gasteiger partial charge in [-0.15, -0.1) is 5.10 Å². The Morgan fingerprint density at radius 2 is 2.53 bits per heavy atom. The minimum absolute atomic E-state index is 0.00482. The molecule has 1 aliphatic rings. The number of hydrogen-bond donors (Lipinski definition) is 2. The summed E-state index contributed by atoms with van der Waals surface area (Å²) in [5.74, 6) is -0.264. The summed E-state index contributed by atoms with van der Waals surface area (Å²) in [6.07, 6.45) is 2.68. The zero-order valence-electron chi connectivity index (χ0n) is 8.55. The van der Waals surface area contributed by atoms with Crippen molar-refractivity contribution in [2.45, 2.75) is 25.9 Å². The van der Waals surface area contributed by atoms with Gasteiger partial charge in [-0.05, 0) is 12.3 Å². The molecule has 1 aliphatic carbocycles. The summed E-state index contributed by atoms with van der Waals surface area (Å²) in [6.45, 7) is 3.66. The van der Waals surface area contributed by atoms with E-state index in [0.29, 0.717) is 12.6 Å². The molecular formula is C9H14N4O2. The number of aromatic carboxylic acids is 1. The molecule has 2 N–H and O–H groups in total. The minimum atomic E-state index is -1.04. The number of rotatable bonds is 5. The maximum absolute atomic E-state index is 10.5. The van der Waals surface area contributed by atoms with Crippen LogP contribution in [0.1, 0.15) is 23.8 Å². The maximum atomic E-state index is 10.5. The molecule has 2 rings (SSSR count). The van der Waals surface area contributed by atoms with Gasteiger partial charge in [-0.1, -0.05) is 12.1 Å². The molecule has 6 heteroatoms. The standard InChI is InChI=1S/C9H14N4O2/c1-6-4-7(6)10-2-3-13-5-8(9(14)15)11-12-13/h5-7,10H,2-4H2,1H3,(H,14,15). The van der Waals surface area contributed by atoms with Gasteiger partial charge in [0, 0.05) is 12.6 Å². The summed E-state index contributed by atoms with van der Waals surface area (Å²) in [6, 6.07) is 0.632. The molecule has 0 spiro atoms. The average Bonchev–Trinajstić information content (AvgIpc) is 2.71. The van der Waals surface area contributed by atoms with Crippen LogP contribution < -0.4 is 5.32 Å². The average molecular weight is 210 g/mol. The van der Waals surface area contributed by atoms with Crippen molar-refractivity contribution in [3.05, 3.63) is 11.9 Å². The highest BCUT2D eigenvalue weighted by molar-refractivity contribution is 5.84. The fourth-order valence-electron chi connectivity index (χ4n) is 1.48. The van der Waals surface area contributed by atoms with Crippen LogP contribution in [0.3, 0.4) is 0 Å². The maximum Gasteiger partial charge on any atom is 0.358 e. The second kappa shape index (κ2) is 3.98. The highest BCUT2D eigenvalue weighted by Crippen LogP contribution is 2.28. The first-order valence-electron chi connectivity index (χ1n) is 5.03. The zero-order valence-corrected chi connectivity index (χ0v) is 8.55. The fraction of sp³-hybridized carbons (Fsp3) is 0.667. The van der Waals surface area contributed by atoms with E-state index in [4.69, 9.17) is 5.11 Å². The van der Waals surface area contributed by atoms with Crippen molar-refractivity contribution in [3.63, 3.8) is 0 Å². The van der Waals surface area contributed by atoms with Crippen molar-refractivity contribution in [1.82, 2.24) is 20.3 Å². The van der Waals surface area contributed by atoms with Crippen LogP contribution in [0.4, 0.5) is 0 Å². The highest BCUT2D eigenvalue weighted by atomic mass is 16.4. The molecule has 0 saturated heterocycles. The molecule has 1 aromatic rings. The Balaban J connectivity index is 1.75. The molecule has 1 heterocycles. The second-order valence-corrected chi connectivity index (χ2v) is 3.95. The van der Waals surface area contributed by atoms with Gasteiger partial charge in [0.05, 0.1) is 12.7 Å². The first-order valence-corrected chi connectivity index (χ1v) is 5.03. The normalized spacial score (nSPS) is 24.1. The van der Waals surface area contributed by atoms with Crippen LogP contribution in [0.25, 0.3) is 0 Å². The zero-order chi connectivity index (χ0) is 10.8. The first kappa shape index (κ1) is 10.1. The topological polar surface area (TPSA) is 80.0 Å². The summed E-state index contributed by atoms with van der Waals surface area (Å²) >= 11 is 0. The van der Waals surface area contributed by atoms with Gasteiger partial charge in [0.2, 0.25) is 0 Å². The van der Waals surface area contributed by atoms with Crippen molar-refractivity contribution >= 4 is 5.97 Å².